The first-order valence-corrected chi connectivity index (χ1v) is 10.8. The molecule has 1 fully saturated rings. The minimum Gasteiger partial charge on any atom is -0.454 e. The molecule has 4 heterocycles. The van der Waals surface area contributed by atoms with Crippen LogP contribution in [-0.2, 0) is 13.1 Å². The third-order valence-electron chi connectivity index (χ3n) is 6.10. The van der Waals surface area contributed by atoms with Crippen molar-refractivity contribution in [2.45, 2.75) is 33.9 Å². The van der Waals surface area contributed by atoms with Crippen LogP contribution < -0.4 is 9.47 Å². The summed E-state index contributed by atoms with van der Waals surface area (Å²) in [5.41, 5.74) is 4.35. The van der Waals surface area contributed by atoms with Gasteiger partial charge in [-0.2, -0.15) is 5.10 Å². The zero-order valence-electron chi connectivity index (χ0n) is 18.6. The molecule has 0 unspecified atom stereocenters. The van der Waals surface area contributed by atoms with E-state index in [1.165, 1.54) is 5.56 Å². The molecule has 0 spiro atoms. The molecule has 0 aliphatic carbocycles. The van der Waals surface area contributed by atoms with Crippen LogP contribution in [0.15, 0.2) is 28.8 Å². The Bertz CT molecular complexity index is 1140. The number of rotatable bonds is 5. The number of hydrogen-bond acceptors (Lipinski definition) is 7. The molecule has 2 aromatic heterocycles. The highest BCUT2D eigenvalue weighted by atomic mass is 16.7. The van der Waals surface area contributed by atoms with Gasteiger partial charge in [-0.1, -0.05) is 11.2 Å². The lowest BCUT2D eigenvalue weighted by molar-refractivity contribution is 0.0617. The Kier molecular flexibility index (Phi) is 5.34. The second-order valence-electron chi connectivity index (χ2n) is 8.41. The van der Waals surface area contributed by atoms with Gasteiger partial charge < -0.3 is 18.9 Å². The quantitative estimate of drug-likeness (QED) is 0.606. The Labute approximate surface area is 186 Å². The first kappa shape index (κ1) is 20.6. The van der Waals surface area contributed by atoms with Crippen molar-refractivity contribution >= 4 is 5.91 Å². The summed E-state index contributed by atoms with van der Waals surface area (Å²) in [6.07, 6.45) is 0. The Morgan fingerprint density at radius 1 is 1.00 bits per heavy atom. The second kappa shape index (κ2) is 8.31. The van der Waals surface area contributed by atoms with E-state index in [-0.39, 0.29) is 12.7 Å². The van der Waals surface area contributed by atoms with Crippen LogP contribution in [0.1, 0.15) is 38.8 Å². The van der Waals surface area contributed by atoms with Crippen molar-refractivity contribution in [1.82, 2.24) is 24.7 Å². The topological polar surface area (TPSA) is 85.9 Å². The molecule has 2 aliphatic rings. The van der Waals surface area contributed by atoms with E-state index in [9.17, 15) is 4.79 Å². The Morgan fingerprint density at radius 2 is 1.78 bits per heavy atom. The Hall–Kier alpha value is -3.33. The minimum absolute atomic E-state index is 0.0823. The van der Waals surface area contributed by atoms with Gasteiger partial charge in [0.15, 0.2) is 17.2 Å². The number of amides is 1. The van der Waals surface area contributed by atoms with Crippen molar-refractivity contribution in [1.29, 1.82) is 0 Å². The van der Waals surface area contributed by atoms with Crippen LogP contribution in [0.4, 0.5) is 0 Å². The number of carbonyl (C=O) groups is 1. The SMILES string of the molecule is Cc1cc(C)n(Cc2c(C(=O)N3CCN(Cc4ccc5c(c4)OCO5)CC3)noc2C)n1. The summed E-state index contributed by atoms with van der Waals surface area (Å²) in [4.78, 5) is 17.4. The number of aromatic nitrogens is 3. The molecule has 0 atom stereocenters. The highest BCUT2D eigenvalue weighted by molar-refractivity contribution is 5.94. The van der Waals surface area contributed by atoms with Crippen LogP contribution in [0.3, 0.4) is 0 Å². The monoisotopic (exact) mass is 437 g/mol. The molecule has 5 rings (SSSR count). The number of nitrogens with zero attached hydrogens (tertiary/aromatic N) is 5. The van der Waals surface area contributed by atoms with Crippen molar-refractivity contribution < 1.29 is 18.8 Å². The van der Waals surface area contributed by atoms with Gasteiger partial charge in [-0.25, -0.2) is 0 Å². The van der Waals surface area contributed by atoms with Crippen molar-refractivity contribution in [2.24, 2.45) is 0 Å². The van der Waals surface area contributed by atoms with E-state index >= 15 is 0 Å². The molecule has 9 nitrogen and oxygen atoms in total. The fourth-order valence-electron chi connectivity index (χ4n) is 4.29. The molecular formula is C23H27N5O4. The fraction of sp³-hybridized carbons (Fsp3) is 0.435. The summed E-state index contributed by atoms with van der Waals surface area (Å²) < 4.78 is 18.1. The number of aryl methyl sites for hydroxylation is 3. The summed E-state index contributed by atoms with van der Waals surface area (Å²) in [6, 6.07) is 8.07. The predicted molar refractivity (Wildman–Crippen MR) is 116 cm³/mol. The van der Waals surface area contributed by atoms with Crippen LogP contribution in [0.25, 0.3) is 0 Å². The largest absolute Gasteiger partial charge is 0.454 e. The lowest BCUT2D eigenvalue weighted by atomic mass is 10.1. The maximum atomic E-state index is 13.2. The zero-order chi connectivity index (χ0) is 22.2. The summed E-state index contributed by atoms with van der Waals surface area (Å²) in [7, 11) is 0. The molecule has 168 valence electrons. The van der Waals surface area contributed by atoms with Crippen molar-refractivity contribution in [3.8, 4) is 11.5 Å². The van der Waals surface area contributed by atoms with E-state index in [0.29, 0.717) is 31.1 Å². The van der Waals surface area contributed by atoms with E-state index in [1.54, 1.807) is 0 Å². The molecule has 9 heteroatoms. The number of ether oxygens (including phenoxy) is 2. The molecular weight excluding hydrogens is 410 g/mol. The molecule has 0 radical (unpaired) electrons. The summed E-state index contributed by atoms with van der Waals surface area (Å²) in [6.45, 7) is 10.3. The van der Waals surface area contributed by atoms with Gasteiger partial charge in [0.05, 0.1) is 12.2 Å². The smallest absolute Gasteiger partial charge is 0.276 e. The molecule has 1 aromatic carbocycles. The van der Waals surface area contributed by atoms with Gasteiger partial charge in [0.2, 0.25) is 6.79 Å². The maximum absolute atomic E-state index is 13.2. The number of benzene rings is 1. The van der Waals surface area contributed by atoms with Crippen LogP contribution in [-0.4, -0.2) is 63.6 Å². The first-order chi connectivity index (χ1) is 15.5. The highest BCUT2D eigenvalue weighted by Crippen LogP contribution is 2.33. The van der Waals surface area contributed by atoms with Gasteiger partial charge in [-0.15, -0.1) is 0 Å². The fourth-order valence-corrected chi connectivity index (χ4v) is 4.29. The van der Waals surface area contributed by atoms with Crippen molar-refractivity contribution in [2.75, 3.05) is 33.0 Å². The van der Waals surface area contributed by atoms with Gasteiger partial charge in [0.1, 0.15) is 5.76 Å². The van der Waals surface area contributed by atoms with Gasteiger partial charge in [0.25, 0.3) is 5.91 Å². The van der Waals surface area contributed by atoms with Crippen molar-refractivity contribution in [3.63, 3.8) is 0 Å². The van der Waals surface area contributed by atoms with Gasteiger partial charge in [-0.3, -0.25) is 14.4 Å². The van der Waals surface area contributed by atoms with Crippen LogP contribution in [0.5, 0.6) is 11.5 Å². The van der Waals surface area contributed by atoms with Crippen LogP contribution in [0.2, 0.25) is 0 Å². The number of piperazine rings is 1. The first-order valence-electron chi connectivity index (χ1n) is 10.8. The van der Waals surface area contributed by atoms with Crippen LogP contribution >= 0.6 is 0 Å². The normalized spacial score (nSPS) is 16.0. The van der Waals surface area contributed by atoms with Crippen molar-refractivity contribution in [3.05, 3.63) is 58.2 Å². The maximum Gasteiger partial charge on any atom is 0.276 e. The minimum atomic E-state index is -0.0823. The van der Waals surface area contributed by atoms with E-state index < -0.39 is 0 Å². The molecule has 0 saturated carbocycles. The van der Waals surface area contributed by atoms with Gasteiger partial charge in [-0.05, 0) is 44.5 Å². The number of hydrogen-bond donors (Lipinski definition) is 0. The molecule has 2 aliphatic heterocycles. The molecule has 0 N–H and O–H groups in total. The predicted octanol–water partition coefficient (Wildman–Crippen LogP) is 2.53. The number of fused-ring (bicyclic) bond motifs is 1. The average Bonchev–Trinajstić information content (AvgIpc) is 3.47. The molecule has 0 bridgehead atoms. The van der Waals surface area contributed by atoms with E-state index in [1.807, 2.05) is 48.6 Å². The van der Waals surface area contributed by atoms with Gasteiger partial charge in [0, 0.05) is 44.0 Å². The summed E-state index contributed by atoms with van der Waals surface area (Å²) in [5.74, 6) is 2.17. The molecule has 32 heavy (non-hydrogen) atoms. The molecule has 3 aromatic rings. The van der Waals surface area contributed by atoms with E-state index in [0.717, 1.165) is 48.1 Å². The Morgan fingerprint density at radius 3 is 2.53 bits per heavy atom. The van der Waals surface area contributed by atoms with Gasteiger partial charge >= 0.3 is 0 Å². The van der Waals surface area contributed by atoms with E-state index in [2.05, 4.69) is 21.2 Å². The van der Waals surface area contributed by atoms with E-state index in [4.69, 9.17) is 14.0 Å². The lowest BCUT2D eigenvalue weighted by Crippen LogP contribution is -2.48. The molecule has 1 amide bonds. The second-order valence-corrected chi connectivity index (χ2v) is 8.41. The zero-order valence-corrected chi connectivity index (χ0v) is 18.6. The summed E-state index contributed by atoms with van der Waals surface area (Å²) in [5, 5.41) is 8.61. The third kappa shape index (κ3) is 3.95. The average molecular weight is 438 g/mol. The standard InChI is InChI=1S/C23H27N5O4/c1-15-10-16(2)28(24-15)13-19-17(3)32-25-22(19)23(29)27-8-6-26(7-9-27)12-18-4-5-20-21(11-18)31-14-30-20/h4-5,10-11H,6-9,12-14H2,1-3H3. The Balaban J connectivity index is 1.23. The molecule has 1 saturated heterocycles. The number of carbonyl (C=O) groups excluding carboxylic acids is 1. The summed E-state index contributed by atoms with van der Waals surface area (Å²) >= 11 is 0. The lowest BCUT2D eigenvalue weighted by Gasteiger charge is -2.34. The van der Waals surface area contributed by atoms with Crippen LogP contribution in [0, 0.1) is 20.8 Å². The third-order valence-corrected chi connectivity index (χ3v) is 6.10. The highest BCUT2D eigenvalue weighted by Gasteiger charge is 2.28.